The van der Waals surface area contributed by atoms with Gasteiger partial charge in [-0.15, -0.1) is 0 Å². The highest BCUT2D eigenvalue weighted by atomic mass is 35.5. The van der Waals surface area contributed by atoms with Crippen LogP contribution in [0, 0.1) is 13.8 Å². The molecule has 70 valence electrons. The normalized spacial score (nSPS) is 9.77. The first kappa shape index (κ1) is 9.99. The summed E-state index contributed by atoms with van der Waals surface area (Å²) in [5.74, 6) is 0.597. The highest BCUT2D eigenvalue weighted by molar-refractivity contribution is 6.29. The lowest BCUT2D eigenvalue weighted by Crippen LogP contribution is -2.06. The van der Waals surface area contributed by atoms with Gasteiger partial charge in [0, 0.05) is 16.4 Å². The monoisotopic (exact) mass is 197 g/mol. The number of aromatic nitrogens is 2. The van der Waals surface area contributed by atoms with Crippen molar-refractivity contribution in [3.63, 3.8) is 0 Å². The van der Waals surface area contributed by atoms with Crippen LogP contribution in [0.1, 0.15) is 11.4 Å². The molecule has 1 N–H and O–H groups in total. The molecule has 4 heteroatoms. The van der Waals surface area contributed by atoms with E-state index in [0.29, 0.717) is 17.5 Å². The predicted octanol–water partition coefficient (Wildman–Crippen LogP) is 2.26. The van der Waals surface area contributed by atoms with Crippen LogP contribution < -0.4 is 5.32 Å². The molecule has 0 aliphatic carbocycles. The van der Waals surface area contributed by atoms with Gasteiger partial charge in [0.05, 0.1) is 6.54 Å². The fourth-order valence-corrected chi connectivity index (χ4v) is 1.05. The zero-order chi connectivity index (χ0) is 9.84. The third-order valence-electron chi connectivity index (χ3n) is 1.42. The molecule has 1 aromatic rings. The second kappa shape index (κ2) is 4.23. The minimum Gasteiger partial charge on any atom is -0.349 e. The quantitative estimate of drug-likeness (QED) is 0.808. The summed E-state index contributed by atoms with van der Waals surface area (Å²) >= 11 is 5.59. The maximum atomic E-state index is 5.59. The molecule has 0 saturated heterocycles. The van der Waals surface area contributed by atoms with Crippen molar-refractivity contribution in [3.8, 4) is 0 Å². The van der Waals surface area contributed by atoms with Gasteiger partial charge in [0.15, 0.2) is 0 Å². The molecule has 13 heavy (non-hydrogen) atoms. The van der Waals surface area contributed by atoms with Crippen molar-refractivity contribution < 1.29 is 0 Å². The van der Waals surface area contributed by atoms with Crippen LogP contribution in [0.2, 0.25) is 0 Å². The third-order valence-corrected chi connectivity index (χ3v) is 1.55. The molecule has 0 spiro atoms. The van der Waals surface area contributed by atoms with Crippen molar-refractivity contribution in [2.24, 2.45) is 0 Å². The van der Waals surface area contributed by atoms with E-state index in [1.807, 2.05) is 19.9 Å². The summed E-state index contributed by atoms with van der Waals surface area (Å²) in [5.41, 5.74) is 1.88. The lowest BCUT2D eigenvalue weighted by atomic mass is 10.4. The number of hydrogen-bond acceptors (Lipinski definition) is 3. The van der Waals surface area contributed by atoms with E-state index in [2.05, 4.69) is 21.9 Å². The van der Waals surface area contributed by atoms with Crippen molar-refractivity contribution >= 4 is 17.5 Å². The standard InChI is InChI=1S/C9H12ClN3/c1-6(10)5-11-9-12-7(2)4-8(3)13-9/h4H,1,5H2,2-3H3,(H,11,12,13). The Morgan fingerprint density at radius 1 is 1.46 bits per heavy atom. The number of halogens is 1. The van der Waals surface area contributed by atoms with Gasteiger partial charge in [0.25, 0.3) is 0 Å². The molecular weight excluding hydrogens is 186 g/mol. The van der Waals surface area contributed by atoms with Crippen molar-refractivity contribution in [2.45, 2.75) is 13.8 Å². The van der Waals surface area contributed by atoms with Crippen LogP contribution in [0.25, 0.3) is 0 Å². The van der Waals surface area contributed by atoms with Gasteiger partial charge >= 0.3 is 0 Å². The van der Waals surface area contributed by atoms with Gasteiger partial charge in [0.2, 0.25) is 5.95 Å². The van der Waals surface area contributed by atoms with Gasteiger partial charge in [0.1, 0.15) is 0 Å². The molecule has 0 amide bonds. The SMILES string of the molecule is C=C(Cl)CNc1nc(C)cc(C)n1. The number of hydrogen-bond donors (Lipinski definition) is 1. The Hall–Kier alpha value is -1.09. The predicted molar refractivity (Wildman–Crippen MR) is 55.0 cm³/mol. The first-order valence-electron chi connectivity index (χ1n) is 3.97. The third kappa shape index (κ3) is 3.42. The molecule has 0 saturated carbocycles. The Kier molecular flexibility index (Phi) is 3.25. The Bertz CT molecular complexity index is 302. The van der Waals surface area contributed by atoms with Crippen LogP contribution in [-0.2, 0) is 0 Å². The molecule has 0 aromatic carbocycles. The zero-order valence-electron chi connectivity index (χ0n) is 7.76. The molecule has 0 unspecified atom stereocenters. The molecule has 0 bridgehead atoms. The number of rotatable bonds is 3. The Morgan fingerprint density at radius 3 is 2.46 bits per heavy atom. The van der Waals surface area contributed by atoms with E-state index in [1.54, 1.807) is 0 Å². The topological polar surface area (TPSA) is 37.8 Å². The summed E-state index contributed by atoms with van der Waals surface area (Å²) in [6.07, 6.45) is 0. The van der Waals surface area contributed by atoms with E-state index >= 15 is 0 Å². The average Bonchev–Trinajstić information content (AvgIpc) is 1.99. The fraction of sp³-hybridized carbons (Fsp3) is 0.333. The summed E-state index contributed by atoms with van der Waals surface area (Å²) in [6, 6.07) is 1.92. The highest BCUT2D eigenvalue weighted by Gasteiger charge is 1.98. The van der Waals surface area contributed by atoms with Crippen LogP contribution >= 0.6 is 11.6 Å². The van der Waals surface area contributed by atoms with Gasteiger partial charge in [-0.25, -0.2) is 9.97 Å². The van der Waals surface area contributed by atoms with Crippen LogP contribution in [-0.4, -0.2) is 16.5 Å². The maximum Gasteiger partial charge on any atom is 0.223 e. The number of anilines is 1. The van der Waals surface area contributed by atoms with E-state index < -0.39 is 0 Å². The molecule has 0 fully saturated rings. The lowest BCUT2D eigenvalue weighted by Gasteiger charge is -2.04. The number of nitrogens with zero attached hydrogens (tertiary/aromatic N) is 2. The van der Waals surface area contributed by atoms with Crippen LogP contribution in [0.3, 0.4) is 0 Å². The van der Waals surface area contributed by atoms with Gasteiger partial charge in [-0.1, -0.05) is 18.2 Å². The lowest BCUT2D eigenvalue weighted by molar-refractivity contribution is 1.03. The average molecular weight is 198 g/mol. The van der Waals surface area contributed by atoms with Gasteiger partial charge in [-0.05, 0) is 19.9 Å². The molecule has 0 aliphatic heterocycles. The van der Waals surface area contributed by atoms with E-state index in [9.17, 15) is 0 Å². The molecular formula is C9H12ClN3. The second-order valence-corrected chi connectivity index (χ2v) is 3.38. The smallest absolute Gasteiger partial charge is 0.223 e. The van der Waals surface area contributed by atoms with Gasteiger partial charge in [-0.3, -0.25) is 0 Å². The maximum absolute atomic E-state index is 5.59. The second-order valence-electron chi connectivity index (χ2n) is 2.85. The molecule has 3 nitrogen and oxygen atoms in total. The first-order valence-corrected chi connectivity index (χ1v) is 4.35. The summed E-state index contributed by atoms with van der Waals surface area (Å²) in [4.78, 5) is 8.37. The largest absolute Gasteiger partial charge is 0.349 e. The number of aryl methyl sites for hydroxylation is 2. The van der Waals surface area contributed by atoms with Crippen molar-refractivity contribution in [2.75, 3.05) is 11.9 Å². The van der Waals surface area contributed by atoms with E-state index in [1.165, 1.54) is 0 Å². The van der Waals surface area contributed by atoms with Crippen LogP contribution in [0.4, 0.5) is 5.95 Å². The van der Waals surface area contributed by atoms with Crippen molar-refractivity contribution in [1.29, 1.82) is 0 Å². The Labute approximate surface area is 82.9 Å². The van der Waals surface area contributed by atoms with Crippen molar-refractivity contribution in [3.05, 3.63) is 29.1 Å². The zero-order valence-corrected chi connectivity index (χ0v) is 8.52. The summed E-state index contributed by atoms with van der Waals surface area (Å²) in [6.45, 7) is 7.90. The van der Waals surface area contributed by atoms with Crippen LogP contribution in [0.15, 0.2) is 17.7 Å². The summed E-state index contributed by atoms with van der Waals surface area (Å²) in [7, 11) is 0. The minimum atomic E-state index is 0.491. The van der Waals surface area contributed by atoms with E-state index in [-0.39, 0.29) is 0 Å². The minimum absolute atomic E-state index is 0.491. The molecule has 0 aliphatic rings. The summed E-state index contributed by atoms with van der Waals surface area (Å²) in [5, 5.41) is 3.52. The van der Waals surface area contributed by atoms with Crippen molar-refractivity contribution in [1.82, 2.24) is 9.97 Å². The highest BCUT2D eigenvalue weighted by Crippen LogP contribution is 2.05. The molecule has 1 aromatic heterocycles. The first-order chi connectivity index (χ1) is 6.08. The fourth-order valence-electron chi connectivity index (χ4n) is 0.980. The van der Waals surface area contributed by atoms with Crippen LogP contribution in [0.5, 0.6) is 0 Å². The summed E-state index contributed by atoms with van der Waals surface area (Å²) < 4.78 is 0. The van der Waals surface area contributed by atoms with Gasteiger partial charge < -0.3 is 5.32 Å². The molecule has 0 radical (unpaired) electrons. The van der Waals surface area contributed by atoms with E-state index in [4.69, 9.17) is 11.6 Å². The number of nitrogens with one attached hydrogen (secondary N) is 1. The Balaban J connectivity index is 2.71. The van der Waals surface area contributed by atoms with Gasteiger partial charge in [-0.2, -0.15) is 0 Å². The molecule has 1 rings (SSSR count). The van der Waals surface area contributed by atoms with E-state index in [0.717, 1.165) is 11.4 Å². The molecule has 1 heterocycles. The molecule has 0 atom stereocenters. The Morgan fingerprint density at radius 2 is 2.00 bits per heavy atom.